The average molecular weight is 221 g/mol. The van der Waals surface area contributed by atoms with E-state index >= 15 is 0 Å². The molecule has 2 heterocycles. The number of carbonyl (C=O) groups is 1. The van der Waals surface area contributed by atoms with Crippen molar-refractivity contribution in [2.24, 2.45) is 0 Å². The Kier molecular flexibility index (Phi) is 3.10. The summed E-state index contributed by atoms with van der Waals surface area (Å²) < 4.78 is 10.2. The zero-order valence-electron chi connectivity index (χ0n) is 9.26. The molecule has 0 aromatic carbocycles. The molecular formula is C12H15NO3. The van der Waals surface area contributed by atoms with Gasteiger partial charge in [-0.1, -0.05) is 6.08 Å². The van der Waals surface area contributed by atoms with Gasteiger partial charge >= 0.3 is 0 Å². The lowest BCUT2D eigenvalue weighted by atomic mass is 9.92. The number of hydrogen-bond acceptors (Lipinski definition) is 3. The van der Waals surface area contributed by atoms with Gasteiger partial charge in [-0.25, -0.2) is 0 Å². The predicted molar refractivity (Wildman–Crippen MR) is 58.8 cm³/mol. The van der Waals surface area contributed by atoms with Crippen LogP contribution in [0.1, 0.15) is 18.0 Å². The van der Waals surface area contributed by atoms with E-state index in [-0.39, 0.29) is 18.1 Å². The van der Waals surface area contributed by atoms with Crippen LogP contribution in [0, 0.1) is 0 Å². The number of rotatable bonds is 5. The summed E-state index contributed by atoms with van der Waals surface area (Å²) in [4.78, 5) is 13.5. The zero-order chi connectivity index (χ0) is 11.5. The molecule has 86 valence electrons. The molecule has 1 saturated heterocycles. The maximum atomic E-state index is 11.7. The van der Waals surface area contributed by atoms with Crippen LogP contribution in [0.2, 0.25) is 0 Å². The van der Waals surface area contributed by atoms with Crippen molar-refractivity contribution in [2.75, 3.05) is 13.7 Å². The van der Waals surface area contributed by atoms with Crippen molar-refractivity contribution in [1.29, 1.82) is 0 Å². The molecule has 2 rings (SSSR count). The molecule has 1 aliphatic heterocycles. The normalized spacial score (nSPS) is 24.3. The summed E-state index contributed by atoms with van der Waals surface area (Å²) in [7, 11) is 1.56. The molecule has 1 fully saturated rings. The van der Waals surface area contributed by atoms with E-state index < -0.39 is 0 Å². The summed E-state index contributed by atoms with van der Waals surface area (Å²) >= 11 is 0. The van der Waals surface area contributed by atoms with Crippen LogP contribution in [0.4, 0.5) is 0 Å². The van der Waals surface area contributed by atoms with Crippen molar-refractivity contribution >= 4 is 5.91 Å². The lowest BCUT2D eigenvalue weighted by Crippen LogP contribution is -2.59. The molecule has 4 heteroatoms. The number of carbonyl (C=O) groups excluding carboxylic acids is 1. The topological polar surface area (TPSA) is 42.7 Å². The molecule has 16 heavy (non-hydrogen) atoms. The van der Waals surface area contributed by atoms with Gasteiger partial charge in [-0.15, -0.1) is 6.58 Å². The second-order valence-corrected chi connectivity index (χ2v) is 3.77. The van der Waals surface area contributed by atoms with Gasteiger partial charge < -0.3 is 14.1 Å². The van der Waals surface area contributed by atoms with E-state index in [0.717, 1.165) is 12.0 Å². The third-order valence-electron chi connectivity index (χ3n) is 2.86. The number of ether oxygens (including phenoxy) is 1. The van der Waals surface area contributed by atoms with E-state index in [4.69, 9.17) is 9.15 Å². The molecule has 0 bridgehead atoms. The first-order valence-corrected chi connectivity index (χ1v) is 5.26. The molecule has 1 aromatic rings. The molecule has 0 radical (unpaired) electrons. The first-order chi connectivity index (χ1) is 7.79. The van der Waals surface area contributed by atoms with Crippen LogP contribution in [0.3, 0.4) is 0 Å². The Morgan fingerprint density at radius 2 is 2.50 bits per heavy atom. The Morgan fingerprint density at radius 1 is 1.69 bits per heavy atom. The molecule has 1 aromatic heterocycles. The SMILES string of the molecule is C=CCCN1C(=O)[C@H](OC)[C@@H]1c1ccoc1. The van der Waals surface area contributed by atoms with Crippen molar-refractivity contribution in [1.82, 2.24) is 4.90 Å². The number of nitrogens with zero attached hydrogens (tertiary/aromatic N) is 1. The van der Waals surface area contributed by atoms with Crippen molar-refractivity contribution in [3.05, 3.63) is 36.8 Å². The lowest BCUT2D eigenvalue weighted by Gasteiger charge is -2.45. The fourth-order valence-electron chi connectivity index (χ4n) is 2.02. The Balaban J connectivity index is 2.12. The van der Waals surface area contributed by atoms with Gasteiger partial charge in [-0.3, -0.25) is 4.79 Å². The van der Waals surface area contributed by atoms with Crippen LogP contribution < -0.4 is 0 Å². The third-order valence-corrected chi connectivity index (χ3v) is 2.86. The van der Waals surface area contributed by atoms with Gasteiger partial charge in [-0.05, 0) is 12.5 Å². The molecule has 1 aliphatic rings. The van der Waals surface area contributed by atoms with E-state index in [9.17, 15) is 4.79 Å². The maximum Gasteiger partial charge on any atom is 0.254 e. The van der Waals surface area contributed by atoms with Gasteiger partial charge in [0.05, 0.1) is 18.6 Å². The second kappa shape index (κ2) is 4.53. The first kappa shape index (κ1) is 11.0. The molecule has 4 nitrogen and oxygen atoms in total. The fraction of sp³-hybridized carbons (Fsp3) is 0.417. The quantitative estimate of drug-likeness (QED) is 0.562. The summed E-state index contributed by atoms with van der Waals surface area (Å²) in [6.45, 7) is 4.33. The summed E-state index contributed by atoms with van der Waals surface area (Å²) in [5.41, 5.74) is 0.982. The summed E-state index contributed by atoms with van der Waals surface area (Å²) in [6.07, 6.45) is 5.49. The monoisotopic (exact) mass is 221 g/mol. The minimum Gasteiger partial charge on any atom is -0.472 e. The number of furan rings is 1. The van der Waals surface area contributed by atoms with Gasteiger partial charge in [0.2, 0.25) is 0 Å². The second-order valence-electron chi connectivity index (χ2n) is 3.77. The Morgan fingerprint density at radius 3 is 3.06 bits per heavy atom. The fourth-order valence-corrected chi connectivity index (χ4v) is 2.02. The largest absolute Gasteiger partial charge is 0.472 e. The molecule has 0 N–H and O–H groups in total. The van der Waals surface area contributed by atoms with Crippen LogP contribution in [0.5, 0.6) is 0 Å². The van der Waals surface area contributed by atoms with Crippen LogP contribution in [0.15, 0.2) is 35.7 Å². The number of amides is 1. The first-order valence-electron chi connectivity index (χ1n) is 5.26. The van der Waals surface area contributed by atoms with E-state index in [0.29, 0.717) is 6.54 Å². The zero-order valence-corrected chi connectivity index (χ0v) is 9.26. The smallest absolute Gasteiger partial charge is 0.254 e. The highest BCUT2D eigenvalue weighted by atomic mass is 16.5. The number of β-lactam (4-membered cyclic amide) rings is 1. The van der Waals surface area contributed by atoms with Gasteiger partial charge in [0.1, 0.15) is 0 Å². The van der Waals surface area contributed by atoms with Gasteiger partial charge in [0, 0.05) is 19.2 Å². The molecule has 2 atom stereocenters. The summed E-state index contributed by atoms with van der Waals surface area (Å²) in [6, 6.07) is 1.85. The summed E-state index contributed by atoms with van der Waals surface area (Å²) in [5.74, 6) is 0.0375. The van der Waals surface area contributed by atoms with Crippen molar-refractivity contribution in [3.8, 4) is 0 Å². The van der Waals surface area contributed by atoms with Crippen molar-refractivity contribution < 1.29 is 13.9 Å². The highest BCUT2D eigenvalue weighted by Gasteiger charge is 2.48. The van der Waals surface area contributed by atoms with Gasteiger partial charge in [0.15, 0.2) is 6.10 Å². The lowest BCUT2D eigenvalue weighted by molar-refractivity contribution is -0.171. The van der Waals surface area contributed by atoms with Crippen molar-refractivity contribution in [3.63, 3.8) is 0 Å². The van der Waals surface area contributed by atoms with E-state index in [1.54, 1.807) is 30.6 Å². The van der Waals surface area contributed by atoms with Gasteiger partial charge in [-0.2, -0.15) is 0 Å². The van der Waals surface area contributed by atoms with Crippen molar-refractivity contribution in [2.45, 2.75) is 18.6 Å². The van der Waals surface area contributed by atoms with Crippen LogP contribution in [-0.2, 0) is 9.53 Å². The number of methoxy groups -OCH3 is 1. The van der Waals surface area contributed by atoms with E-state index in [2.05, 4.69) is 6.58 Å². The molecule has 1 amide bonds. The molecule has 0 saturated carbocycles. The summed E-state index contributed by atoms with van der Waals surface area (Å²) in [5, 5.41) is 0. The Hall–Kier alpha value is -1.55. The minimum atomic E-state index is -0.373. The molecule has 0 spiro atoms. The van der Waals surface area contributed by atoms with Crippen LogP contribution >= 0.6 is 0 Å². The van der Waals surface area contributed by atoms with Crippen LogP contribution in [0.25, 0.3) is 0 Å². The highest BCUT2D eigenvalue weighted by Crippen LogP contribution is 2.36. The average Bonchev–Trinajstić information content (AvgIpc) is 2.79. The van der Waals surface area contributed by atoms with E-state index in [1.807, 2.05) is 6.07 Å². The predicted octanol–water partition coefficient (Wildman–Crippen LogP) is 1.75. The molecule has 0 aliphatic carbocycles. The minimum absolute atomic E-state index is 0.0174. The standard InChI is InChI=1S/C12H15NO3/c1-3-4-6-13-10(9-5-7-16-8-9)11(15-2)12(13)14/h3,5,7-8,10-11H,1,4,6H2,2H3/t10-,11+/m0/s1. The van der Waals surface area contributed by atoms with Gasteiger partial charge in [0.25, 0.3) is 5.91 Å². The van der Waals surface area contributed by atoms with E-state index in [1.165, 1.54) is 0 Å². The highest BCUT2D eigenvalue weighted by molar-refractivity contribution is 5.88. The Bertz CT molecular complexity index is 372. The third kappa shape index (κ3) is 1.65. The number of likely N-dealkylation sites (tertiary alicyclic amines) is 1. The Labute approximate surface area is 94.5 Å². The molecule has 0 unspecified atom stereocenters. The maximum absolute atomic E-state index is 11.7. The molecular weight excluding hydrogens is 206 g/mol. The van der Waals surface area contributed by atoms with Crippen LogP contribution in [-0.4, -0.2) is 30.6 Å². The number of hydrogen-bond donors (Lipinski definition) is 0.